The van der Waals surface area contributed by atoms with Gasteiger partial charge in [-0.05, 0) is 24.3 Å². The van der Waals surface area contributed by atoms with Crippen LogP contribution in [0.15, 0.2) is 36.4 Å². The van der Waals surface area contributed by atoms with E-state index < -0.39 is 0 Å². The van der Waals surface area contributed by atoms with Crippen molar-refractivity contribution >= 4 is 0 Å². The fraction of sp³-hybridized carbons (Fsp3) is 0.429. The third kappa shape index (κ3) is 7.00. The summed E-state index contributed by atoms with van der Waals surface area (Å²) in [6, 6.07) is 12.0. The van der Waals surface area contributed by atoms with Gasteiger partial charge in [-0.3, -0.25) is 0 Å². The average molecular weight is 376 g/mol. The van der Waals surface area contributed by atoms with Crippen molar-refractivity contribution in [1.29, 1.82) is 0 Å². The smallest absolute Gasteiger partial charge is 0.123 e. The fourth-order valence-corrected chi connectivity index (χ4v) is 2.91. The first-order valence-electron chi connectivity index (χ1n) is 9.25. The van der Waals surface area contributed by atoms with Crippen LogP contribution in [0.1, 0.15) is 17.5 Å². The van der Waals surface area contributed by atoms with Gasteiger partial charge < -0.3 is 29.6 Å². The Bertz CT molecular complexity index is 603. The van der Waals surface area contributed by atoms with Gasteiger partial charge in [-0.25, -0.2) is 0 Å². The molecule has 0 aliphatic heterocycles. The van der Waals surface area contributed by atoms with Crippen molar-refractivity contribution < 1.29 is 29.6 Å². The van der Waals surface area contributed by atoms with Crippen LogP contribution < -0.4 is 29.6 Å². The number of quaternary nitrogens is 2. The molecule has 6 heteroatoms. The molecule has 0 atom stereocenters. The van der Waals surface area contributed by atoms with Crippen LogP contribution >= 0.6 is 0 Å². The van der Waals surface area contributed by atoms with Crippen LogP contribution in [-0.4, -0.2) is 41.5 Å². The molecule has 0 spiro atoms. The van der Waals surface area contributed by atoms with Gasteiger partial charge in [-0.2, -0.15) is 0 Å². The molecule has 0 saturated carbocycles. The van der Waals surface area contributed by atoms with Crippen molar-refractivity contribution in [3.63, 3.8) is 0 Å². The summed E-state index contributed by atoms with van der Waals surface area (Å²) in [5.41, 5.74) is 2.41. The molecule has 0 heterocycles. The van der Waals surface area contributed by atoms with Gasteiger partial charge in [0.15, 0.2) is 0 Å². The number of benzene rings is 2. The van der Waals surface area contributed by atoms with E-state index in [4.69, 9.17) is 18.9 Å². The summed E-state index contributed by atoms with van der Waals surface area (Å²) in [6.45, 7) is 4.00. The van der Waals surface area contributed by atoms with Crippen LogP contribution in [0, 0.1) is 0 Å². The largest absolute Gasteiger partial charge is 0.497 e. The first-order valence-corrected chi connectivity index (χ1v) is 9.25. The Labute approximate surface area is 161 Å². The number of rotatable bonds is 12. The molecular weight excluding hydrogens is 344 g/mol. The minimum Gasteiger partial charge on any atom is -0.497 e. The Morgan fingerprint density at radius 3 is 1.19 bits per heavy atom. The van der Waals surface area contributed by atoms with E-state index in [1.807, 2.05) is 12.1 Å². The van der Waals surface area contributed by atoms with Gasteiger partial charge in [0.1, 0.15) is 36.1 Å². The summed E-state index contributed by atoms with van der Waals surface area (Å²) in [6.07, 6.45) is 1.14. The van der Waals surface area contributed by atoms with Gasteiger partial charge in [0.2, 0.25) is 0 Å². The zero-order chi connectivity index (χ0) is 19.5. The molecule has 0 amide bonds. The Morgan fingerprint density at radius 2 is 0.889 bits per heavy atom. The van der Waals surface area contributed by atoms with Crippen molar-refractivity contribution in [3.05, 3.63) is 47.5 Å². The molecule has 6 nitrogen and oxygen atoms in total. The second-order valence-corrected chi connectivity index (χ2v) is 6.36. The molecule has 0 bridgehead atoms. The normalized spacial score (nSPS) is 10.5. The van der Waals surface area contributed by atoms with Gasteiger partial charge >= 0.3 is 0 Å². The molecule has 0 radical (unpaired) electrons. The second kappa shape index (κ2) is 11.3. The molecule has 0 aromatic heterocycles. The standard InChI is InChI=1S/C21H30N2O4/c1-24-18-8-16(9-19(12-18)25-2)14-22-6-5-7-23-15-17-10-20(26-3)13-21(11-17)27-4/h8-13,22-23H,5-7,14-15H2,1-4H3/p+2. The summed E-state index contributed by atoms with van der Waals surface area (Å²) < 4.78 is 21.3. The molecule has 27 heavy (non-hydrogen) atoms. The Kier molecular flexibility index (Phi) is 8.74. The van der Waals surface area contributed by atoms with Crippen molar-refractivity contribution in [3.8, 4) is 23.0 Å². The lowest BCUT2D eigenvalue weighted by atomic mass is 10.2. The number of hydrogen-bond acceptors (Lipinski definition) is 4. The summed E-state index contributed by atoms with van der Waals surface area (Å²) >= 11 is 0. The van der Waals surface area contributed by atoms with E-state index in [2.05, 4.69) is 34.9 Å². The lowest BCUT2D eigenvalue weighted by molar-refractivity contribution is -0.695. The molecule has 0 saturated heterocycles. The quantitative estimate of drug-likeness (QED) is 0.541. The first-order chi connectivity index (χ1) is 13.2. The van der Waals surface area contributed by atoms with Crippen molar-refractivity contribution in [2.45, 2.75) is 19.5 Å². The molecule has 2 aromatic carbocycles. The zero-order valence-corrected chi connectivity index (χ0v) is 16.8. The maximum absolute atomic E-state index is 5.32. The van der Waals surface area contributed by atoms with Crippen molar-refractivity contribution in [2.24, 2.45) is 0 Å². The highest BCUT2D eigenvalue weighted by molar-refractivity contribution is 5.38. The van der Waals surface area contributed by atoms with Crippen LogP contribution in [0.3, 0.4) is 0 Å². The topological polar surface area (TPSA) is 70.1 Å². The number of methoxy groups -OCH3 is 4. The van der Waals surface area contributed by atoms with Crippen LogP contribution in [0.5, 0.6) is 23.0 Å². The van der Waals surface area contributed by atoms with Crippen molar-refractivity contribution in [2.75, 3.05) is 41.5 Å². The van der Waals surface area contributed by atoms with Crippen LogP contribution in [-0.2, 0) is 13.1 Å². The molecular formula is C21H32N2O4+2. The molecule has 0 aliphatic carbocycles. The zero-order valence-electron chi connectivity index (χ0n) is 16.8. The van der Waals surface area contributed by atoms with Gasteiger partial charge in [-0.15, -0.1) is 0 Å². The molecule has 0 unspecified atom stereocenters. The molecule has 148 valence electrons. The SMILES string of the molecule is COc1cc(C[NH2+]CCC[NH2+]Cc2cc(OC)cc(OC)c2)cc(OC)c1. The minimum atomic E-state index is 0.833. The highest BCUT2D eigenvalue weighted by atomic mass is 16.5. The molecule has 4 N–H and O–H groups in total. The van der Waals surface area contributed by atoms with Gasteiger partial charge in [0.25, 0.3) is 0 Å². The van der Waals surface area contributed by atoms with Gasteiger partial charge in [0.05, 0.1) is 41.5 Å². The average Bonchev–Trinajstić information content (AvgIpc) is 2.72. The Hall–Kier alpha value is -2.44. The van der Waals surface area contributed by atoms with Crippen LogP contribution in [0.25, 0.3) is 0 Å². The van der Waals surface area contributed by atoms with Crippen LogP contribution in [0.4, 0.5) is 0 Å². The van der Waals surface area contributed by atoms with E-state index >= 15 is 0 Å². The summed E-state index contributed by atoms with van der Waals surface area (Å²) in [4.78, 5) is 0. The predicted molar refractivity (Wildman–Crippen MR) is 105 cm³/mol. The van der Waals surface area contributed by atoms with Crippen molar-refractivity contribution in [1.82, 2.24) is 0 Å². The van der Waals surface area contributed by atoms with E-state index in [-0.39, 0.29) is 0 Å². The maximum atomic E-state index is 5.32. The number of ether oxygens (including phenoxy) is 4. The van der Waals surface area contributed by atoms with Gasteiger partial charge in [-0.1, -0.05) is 0 Å². The third-order valence-electron chi connectivity index (χ3n) is 4.40. The summed E-state index contributed by atoms with van der Waals surface area (Å²) in [5.74, 6) is 3.33. The summed E-state index contributed by atoms with van der Waals surface area (Å²) in [5, 5.41) is 4.63. The lowest BCUT2D eigenvalue weighted by Crippen LogP contribution is -2.86. The molecule has 2 rings (SSSR count). The maximum Gasteiger partial charge on any atom is 0.123 e. The highest BCUT2D eigenvalue weighted by Gasteiger charge is 2.05. The fourth-order valence-electron chi connectivity index (χ4n) is 2.91. The Morgan fingerprint density at radius 1 is 0.556 bits per heavy atom. The Balaban J connectivity index is 1.68. The molecule has 0 fully saturated rings. The van der Waals surface area contributed by atoms with Gasteiger partial charge in [0, 0.05) is 29.7 Å². The highest BCUT2D eigenvalue weighted by Crippen LogP contribution is 2.22. The molecule has 2 aromatic rings. The van der Waals surface area contributed by atoms with E-state index in [1.54, 1.807) is 28.4 Å². The molecule has 0 aliphatic rings. The predicted octanol–water partition coefficient (Wildman–Crippen LogP) is 0.938. The first kappa shape index (κ1) is 20.9. The van der Waals surface area contributed by atoms with Crippen LogP contribution in [0.2, 0.25) is 0 Å². The van der Waals surface area contributed by atoms with E-state index in [0.29, 0.717) is 0 Å². The second-order valence-electron chi connectivity index (χ2n) is 6.36. The summed E-state index contributed by atoms with van der Waals surface area (Å²) in [7, 11) is 6.71. The van der Waals surface area contributed by atoms with E-state index in [9.17, 15) is 0 Å². The number of hydrogen-bond donors (Lipinski definition) is 2. The van der Waals surface area contributed by atoms with E-state index in [0.717, 1.165) is 55.6 Å². The minimum absolute atomic E-state index is 0.833. The monoisotopic (exact) mass is 376 g/mol. The number of nitrogens with two attached hydrogens (primary N) is 2. The lowest BCUT2D eigenvalue weighted by Gasteiger charge is -2.09. The van der Waals surface area contributed by atoms with E-state index in [1.165, 1.54) is 11.1 Å². The third-order valence-corrected chi connectivity index (χ3v) is 4.40.